The average molecular weight is 334 g/mol. The topological polar surface area (TPSA) is 49.6 Å². The molecule has 0 radical (unpaired) electrons. The van der Waals surface area contributed by atoms with Crippen LogP contribution in [0.5, 0.6) is 0 Å². The van der Waals surface area contributed by atoms with Crippen molar-refractivity contribution in [1.82, 2.24) is 0 Å². The molecule has 0 saturated heterocycles. The van der Waals surface area contributed by atoms with Gasteiger partial charge in [-0.15, -0.1) is 24.8 Å². The average Bonchev–Trinajstić information content (AvgIpc) is 2.44. The Balaban J connectivity index is 0.00000200. The number of nitrogens with two attached hydrogens (primary N) is 1. The summed E-state index contributed by atoms with van der Waals surface area (Å²) in [5, 5.41) is 0. The molecule has 0 fully saturated rings. The van der Waals surface area contributed by atoms with E-state index in [-0.39, 0.29) is 42.7 Å². The van der Waals surface area contributed by atoms with Gasteiger partial charge < -0.3 is 15.5 Å². The number of hydrogen-bond donors (Lipinski definition) is 1. The van der Waals surface area contributed by atoms with Crippen molar-refractivity contribution in [2.45, 2.75) is 26.8 Å². The van der Waals surface area contributed by atoms with Crippen LogP contribution < -0.4 is 15.5 Å². The number of carbonyl (C=O) groups is 1. The molecule has 0 aromatic heterocycles. The highest BCUT2D eigenvalue weighted by atomic mass is 35.5. The minimum absolute atomic E-state index is 0. The summed E-state index contributed by atoms with van der Waals surface area (Å²) in [6.45, 7) is 8.50. The Morgan fingerprint density at radius 2 is 1.76 bits per heavy atom. The van der Waals surface area contributed by atoms with Crippen molar-refractivity contribution in [3.8, 4) is 0 Å². The van der Waals surface area contributed by atoms with E-state index in [1.807, 2.05) is 36.9 Å². The number of anilines is 2. The summed E-state index contributed by atoms with van der Waals surface area (Å²) in [5.74, 6) is -0.0283. The van der Waals surface area contributed by atoms with Crippen molar-refractivity contribution in [2.24, 2.45) is 11.7 Å². The fourth-order valence-electron chi connectivity index (χ4n) is 2.45. The Hall–Kier alpha value is -0.970. The number of nitrogens with zero attached hydrogens (tertiary/aromatic N) is 2. The largest absolute Gasteiger partial charge is 0.368 e. The quantitative estimate of drug-likeness (QED) is 0.925. The molecule has 1 aliphatic heterocycles. The zero-order valence-corrected chi connectivity index (χ0v) is 14.4. The number of rotatable bonds is 3. The van der Waals surface area contributed by atoms with Crippen molar-refractivity contribution in [3.63, 3.8) is 0 Å². The summed E-state index contributed by atoms with van der Waals surface area (Å²) in [6.07, 6.45) is 0. The van der Waals surface area contributed by atoms with Crippen LogP contribution in [-0.2, 0) is 4.79 Å². The standard InChI is InChI=1S/C15H23N3O.2ClH/c1-4-17-9-10-18(15(19)11(2)12(3)16)14-8-6-5-7-13(14)17;;/h5-8,11-12H,4,9-10,16H2,1-3H3;2*1H. The number of hydrogen-bond acceptors (Lipinski definition) is 3. The second-order valence-electron chi connectivity index (χ2n) is 5.21. The zero-order valence-electron chi connectivity index (χ0n) is 12.8. The highest BCUT2D eigenvalue weighted by Crippen LogP contribution is 2.33. The molecule has 120 valence electrons. The first-order valence-corrected chi connectivity index (χ1v) is 6.97. The Morgan fingerprint density at radius 1 is 1.19 bits per heavy atom. The predicted octanol–water partition coefficient (Wildman–Crippen LogP) is 2.69. The van der Waals surface area contributed by atoms with Gasteiger partial charge in [0.2, 0.25) is 5.91 Å². The lowest BCUT2D eigenvalue weighted by atomic mass is 10.0. The number of fused-ring (bicyclic) bond motifs is 1. The van der Waals surface area contributed by atoms with Crippen LogP contribution in [0.4, 0.5) is 11.4 Å². The highest BCUT2D eigenvalue weighted by Gasteiger charge is 2.29. The second-order valence-corrected chi connectivity index (χ2v) is 5.21. The van der Waals surface area contributed by atoms with Gasteiger partial charge in [0, 0.05) is 25.7 Å². The molecular formula is C15H25Cl2N3O. The number of likely N-dealkylation sites (N-methyl/N-ethyl adjacent to an activating group) is 1. The van der Waals surface area contributed by atoms with Crippen LogP contribution in [-0.4, -0.2) is 31.6 Å². The zero-order chi connectivity index (χ0) is 14.0. The van der Waals surface area contributed by atoms with Crippen molar-refractivity contribution in [1.29, 1.82) is 0 Å². The summed E-state index contributed by atoms with van der Waals surface area (Å²) >= 11 is 0. The van der Waals surface area contributed by atoms with E-state index in [0.717, 1.165) is 31.0 Å². The van der Waals surface area contributed by atoms with Gasteiger partial charge >= 0.3 is 0 Å². The molecule has 2 N–H and O–H groups in total. The predicted molar refractivity (Wildman–Crippen MR) is 94.0 cm³/mol. The van der Waals surface area contributed by atoms with E-state index in [2.05, 4.69) is 17.9 Å². The van der Waals surface area contributed by atoms with E-state index in [0.29, 0.717) is 0 Å². The molecule has 1 aromatic carbocycles. The van der Waals surface area contributed by atoms with Crippen LogP contribution in [0.3, 0.4) is 0 Å². The molecule has 1 aromatic rings. The molecule has 1 heterocycles. The number of amides is 1. The summed E-state index contributed by atoms with van der Waals surface area (Å²) < 4.78 is 0. The van der Waals surface area contributed by atoms with E-state index in [1.165, 1.54) is 0 Å². The molecule has 1 aliphatic rings. The third kappa shape index (κ3) is 4.02. The molecule has 2 atom stereocenters. The summed E-state index contributed by atoms with van der Waals surface area (Å²) in [4.78, 5) is 16.7. The van der Waals surface area contributed by atoms with Gasteiger partial charge in [-0.3, -0.25) is 4.79 Å². The summed E-state index contributed by atoms with van der Waals surface area (Å²) in [6, 6.07) is 7.97. The lowest BCUT2D eigenvalue weighted by Crippen LogP contribution is -2.48. The maximum atomic E-state index is 12.5. The first-order valence-electron chi connectivity index (χ1n) is 6.97. The van der Waals surface area contributed by atoms with Gasteiger partial charge in [-0.25, -0.2) is 0 Å². The molecule has 1 amide bonds. The van der Waals surface area contributed by atoms with E-state index < -0.39 is 0 Å². The van der Waals surface area contributed by atoms with E-state index in [1.54, 1.807) is 0 Å². The Labute approximate surface area is 139 Å². The van der Waals surface area contributed by atoms with Crippen LogP contribution in [0, 0.1) is 5.92 Å². The number of carbonyl (C=O) groups excluding carboxylic acids is 1. The maximum absolute atomic E-state index is 12.5. The van der Waals surface area contributed by atoms with Crippen LogP contribution in [0.1, 0.15) is 20.8 Å². The number of halogens is 2. The molecule has 0 saturated carbocycles. The normalized spacial score (nSPS) is 16.2. The first-order chi connectivity index (χ1) is 9.06. The monoisotopic (exact) mass is 333 g/mol. The molecule has 0 aliphatic carbocycles. The fraction of sp³-hybridized carbons (Fsp3) is 0.533. The fourth-order valence-corrected chi connectivity index (χ4v) is 2.45. The van der Waals surface area contributed by atoms with Gasteiger partial charge in [-0.05, 0) is 26.0 Å². The molecular weight excluding hydrogens is 309 g/mol. The van der Waals surface area contributed by atoms with Crippen molar-refractivity contribution < 1.29 is 4.79 Å². The van der Waals surface area contributed by atoms with Crippen LogP contribution in [0.15, 0.2) is 24.3 Å². The van der Waals surface area contributed by atoms with Gasteiger partial charge in [0.05, 0.1) is 17.3 Å². The van der Waals surface area contributed by atoms with Gasteiger partial charge in [0.1, 0.15) is 0 Å². The van der Waals surface area contributed by atoms with Gasteiger partial charge in [-0.2, -0.15) is 0 Å². The molecule has 0 bridgehead atoms. The van der Waals surface area contributed by atoms with E-state index in [9.17, 15) is 4.79 Å². The molecule has 4 nitrogen and oxygen atoms in total. The van der Waals surface area contributed by atoms with Crippen molar-refractivity contribution in [2.75, 3.05) is 29.4 Å². The molecule has 21 heavy (non-hydrogen) atoms. The Kier molecular flexibility index (Phi) is 8.08. The minimum atomic E-state index is -0.152. The first kappa shape index (κ1) is 20.0. The SMILES string of the molecule is CCN1CCN(C(=O)C(C)C(C)N)c2ccccc21.Cl.Cl. The second kappa shape index (κ2) is 8.47. The molecule has 2 unspecified atom stereocenters. The molecule has 6 heteroatoms. The van der Waals surface area contributed by atoms with Crippen LogP contribution >= 0.6 is 24.8 Å². The van der Waals surface area contributed by atoms with Crippen molar-refractivity contribution >= 4 is 42.1 Å². The Bertz CT molecular complexity index is 468. The number of benzene rings is 1. The molecule has 2 rings (SSSR count). The van der Waals surface area contributed by atoms with E-state index >= 15 is 0 Å². The lowest BCUT2D eigenvalue weighted by molar-refractivity contribution is -0.122. The maximum Gasteiger partial charge on any atom is 0.231 e. The van der Waals surface area contributed by atoms with Crippen molar-refractivity contribution in [3.05, 3.63) is 24.3 Å². The van der Waals surface area contributed by atoms with Gasteiger partial charge in [-0.1, -0.05) is 19.1 Å². The molecule has 0 spiro atoms. The highest BCUT2D eigenvalue weighted by molar-refractivity contribution is 5.99. The smallest absolute Gasteiger partial charge is 0.231 e. The van der Waals surface area contributed by atoms with Crippen LogP contribution in [0.2, 0.25) is 0 Å². The lowest BCUT2D eigenvalue weighted by Gasteiger charge is -2.38. The van der Waals surface area contributed by atoms with Gasteiger partial charge in [0.15, 0.2) is 0 Å². The van der Waals surface area contributed by atoms with Crippen LogP contribution in [0.25, 0.3) is 0 Å². The summed E-state index contributed by atoms with van der Waals surface area (Å²) in [5.41, 5.74) is 8.01. The Morgan fingerprint density at radius 3 is 2.29 bits per heavy atom. The number of para-hydroxylation sites is 2. The third-order valence-corrected chi connectivity index (χ3v) is 3.93. The summed E-state index contributed by atoms with van der Waals surface area (Å²) in [7, 11) is 0. The third-order valence-electron chi connectivity index (χ3n) is 3.93. The minimum Gasteiger partial charge on any atom is -0.368 e. The van der Waals surface area contributed by atoms with Gasteiger partial charge in [0.25, 0.3) is 0 Å². The van der Waals surface area contributed by atoms with E-state index in [4.69, 9.17) is 5.73 Å².